The van der Waals surface area contributed by atoms with E-state index in [4.69, 9.17) is 34.3 Å². The maximum Gasteiger partial charge on any atom is 0.164 e. The van der Waals surface area contributed by atoms with Gasteiger partial charge in [0.15, 0.2) is 5.82 Å². The van der Waals surface area contributed by atoms with Crippen molar-refractivity contribution in [3.63, 3.8) is 0 Å². The van der Waals surface area contributed by atoms with Crippen LogP contribution in [0.2, 0.25) is 5.02 Å². The van der Waals surface area contributed by atoms with Crippen molar-refractivity contribution in [2.75, 3.05) is 0 Å². The van der Waals surface area contributed by atoms with E-state index in [2.05, 4.69) is 17.0 Å². The van der Waals surface area contributed by atoms with Gasteiger partial charge >= 0.3 is 0 Å². The van der Waals surface area contributed by atoms with Crippen molar-refractivity contribution in [3.05, 3.63) is 40.9 Å². The predicted octanol–water partition coefficient (Wildman–Crippen LogP) is 2.55. The number of aryl methyl sites for hydroxylation is 1. The largest absolute Gasteiger partial charge is 0.485 e. The molecule has 0 unspecified atom stereocenters. The molecule has 1 aromatic heterocycles. The minimum Gasteiger partial charge on any atom is -0.485 e. The van der Waals surface area contributed by atoms with Gasteiger partial charge in [-0.15, -0.1) is 0 Å². The van der Waals surface area contributed by atoms with Crippen molar-refractivity contribution >= 4 is 28.8 Å². The van der Waals surface area contributed by atoms with E-state index < -0.39 is 0 Å². The molecule has 0 aliphatic heterocycles. The number of hydrogen-bond acceptors (Lipinski definition) is 4. The van der Waals surface area contributed by atoms with Crippen LogP contribution in [-0.4, -0.2) is 19.8 Å². The quantitative estimate of drug-likeness (QED) is 0.831. The second-order valence-electron chi connectivity index (χ2n) is 4.19. The fourth-order valence-corrected chi connectivity index (χ4v) is 2.09. The molecule has 0 fully saturated rings. The molecule has 0 aliphatic rings. The summed E-state index contributed by atoms with van der Waals surface area (Å²) in [5.41, 5.74) is 6.32. The number of rotatable bonds is 6. The van der Waals surface area contributed by atoms with E-state index in [9.17, 15) is 0 Å². The van der Waals surface area contributed by atoms with E-state index in [0.717, 1.165) is 18.8 Å². The third-order valence-corrected chi connectivity index (χ3v) is 3.15. The van der Waals surface area contributed by atoms with Crippen LogP contribution in [0.3, 0.4) is 0 Å². The second-order valence-corrected chi connectivity index (χ2v) is 5.07. The van der Waals surface area contributed by atoms with Gasteiger partial charge in [-0.05, 0) is 24.6 Å². The van der Waals surface area contributed by atoms with E-state index in [1.807, 2.05) is 4.68 Å². The smallest absolute Gasteiger partial charge is 0.164 e. The Bertz CT molecular complexity index is 614. The molecular formula is C13H15ClN4OS. The van der Waals surface area contributed by atoms with Crippen LogP contribution in [0.4, 0.5) is 0 Å². The molecule has 106 valence electrons. The Morgan fingerprint density at radius 3 is 3.00 bits per heavy atom. The van der Waals surface area contributed by atoms with Crippen molar-refractivity contribution in [2.24, 2.45) is 5.73 Å². The molecule has 0 saturated carbocycles. The van der Waals surface area contributed by atoms with Gasteiger partial charge in [-0.25, -0.2) is 9.67 Å². The van der Waals surface area contributed by atoms with Gasteiger partial charge in [0.1, 0.15) is 23.7 Å². The summed E-state index contributed by atoms with van der Waals surface area (Å²) < 4.78 is 7.55. The summed E-state index contributed by atoms with van der Waals surface area (Å²) in [5, 5.41) is 4.71. The van der Waals surface area contributed by atoms with Gasteiger partial charge in [-0.2, -0.15) is 5.10 Å². The molecule has 7 heteroatoms. The zero-order valence-corrected chi connectivity index (χ0v) is 12.6. The van der Waals surface area contributed by atoms with Gasteiger partial charge < -0.3 is 10.5 Å². The van der Waals surface area contributed by atoms with E-state index >= 15 is 0 Å². The standard InChI is InChI=1S/C13H15ClN4OS/c1-2-5-18-12(16-8-17-18)7-19-11-6-9(14)3-4-10(11)13(15)20/h3-4,6,8H,2,5,7H2,1H3,(H2,15,20). The predicted molar refractivity (Wildman–Crippen MR) is 82.0 cm³/mol. The fraction of sp³-hybridized carbons (Fsp3) is 0.308. The maximum absolute atomic E-state index is 5.97. The van der Waals surface area contributed by atoms with Gasteiger partial charge in [-0.1, -0.05) is 30.7 Å². The highest BCUT2D eigenvalue weighted by molar-refractivity contribution is 7.80. The molecule has 2 rings (SSSR count). The van der Waals surface area contributed by atoms with E-state index in [1.54, 1.807) is 18.2 Å². The Morgan fingerprint density at radius 1 is 1.50 bits per heavy atom. The summed E-state index contributed by atoms with van der Waals surface area (Å²) >= 11 is 11.0. The molecule has 1 heterocycles. The molecule has 0 spiro atoms. The Hall–Kier alpha value is -1.66. The molecular weight excluding hydrogens is 296 g/mol. The molecule has 0 atom stereocenters. The summed E-state index contributed by atoms with van der Waals surface area (Å²) in [7, 11) is 0. The lowest BCUT2D eigenvalue weighted by atomic mass is 10.2. The Kier molecular flexibility index (Phi) is 4.92. The molecule has 5 nitrogen and oxygen atoms in total. The van der Waals surface area contributed by atoms with Gasteiger partial charge in [0.2, 0.25) is 0 Å². The van der Waals surface area contributed by atoms with Gasteiger partial charge in [-0.3, -0.25) is 0 Å². The third-order valence-electron chi connectivity index (χ3n) is 2.70. The summed E-state index contributed by atoms with van der Waals surface area (Å²) in [6, 6.07) is 5.16. The molecule has 0 amide bonds. The van der Waals surface area contributed by atoms with Crippen LogP contribution in [0, 0.1) is 0 Å². The Labute approximate surface area is 127 Å². The van der Waals surface area contributed by atoms with Gasteiger partial charge in [0.05, 0.1) is 5.56 Å². The SMILES string of the molecule is CCCn1ncnc1COc1cc(Cl)ccc1C(N)=S. The van der Waals surface area contributed by atoms with Crippen molar-refractivity contribution in [1.82, 2.24) is 14.8 Å². The topological polar surface area (TPSA) is 66.0 Å². The summed E-state index contributed by atoms with van der Waals surface area (Å²) in [4.78, 5) is 4.45. The molecule has 20 heavy (non-hydrogen) atoms. The fourth-order valence-electron chi connectivity index (χ4n) is 1.76. The molecule has 2 aromatic rings. The molecule has 0 bridgehead atoms. The third kappa shape index (κ3) is 3.46. The minimum absolute atomic E-state index is 0.270. The minimum atomic E-state index is 0.270. The first-order chi connectivity index (χ1) is 9.61. The first kappa shape index (κ1) is 14.7. The van der Waals surface area contributed by atoms with Crippen LogP contribution in [0.1, 0.15) is 24.7 Å². The molecule has 1 aromatic carbocycles. The van der Waals surface area contributed by atoms with Crippen molar-refractivity contribution in [2.45, 2.75) is 26.5 Å². The van der Waals surface area contributed by atoms with Crippen molar-refractivity contribution < 1.29 is 4.74 Å². The number of ether oxygens (including phenoxy) is 1. The van der Waals surface area contributed by atoms with E-state index in [1.165, 1.54) is 6.33 Å². The number of benzene rings is 1. The first-order valence-corrected chi connectivity index (χ1v) is 6.99. The van der Waals surface area contributed by atoms with Crippen LogP contribution in [-0.2, 0) is 13.2 Å². The number of halogens is 1. The number of aromatic nitrogens is 3. The van der Waals surface area contributed by atoms with Crippen molar-refractivity contribution in [1.29, 1.82) is 0 Å². The van der Waals surface area contributed by atoms with Crippen molar-refractivity contribution in [3.8, 4) is 5.75 Å². The van der Waals surface area contributed by atoms with Crippen LogP contribution in [0.5, 0.6) is 5.75 Å². The maximum atomic E-state index is 5.97. The van der Waals surface area contributed by atoms with Crippen LogP contribution in [0.25, 0.3) is 0 Å². The highest BCUT2D eigenvalue weighted by atomic mass is 35.5. The van der Waals surface area contributed by atoms with Gasteiger partial charge in [0, 0.05) is 11.6 Å². The molecule has 0 radical (unpaired) electrons. The molecule has 0 saturated heterocycles. The number of thiocarbonyl (C=S) groups is 1. The second kappa shape index (κ2) is 6.67. The first-order valence-electron chi connectivity index (χ1n) is 6.20. The van der Waals surface area contributed by atoms with Crippen LogP contribution in [0.15, 0.2) is 24.5 Å². The highest BCUT2D eigenvalue weighted by Gasteiger charge is 2.10. The van der Waals surface area contributed by atoms with E-state index in [0.29, 0.717) is 16.3 Å². The average molecular weight is 311 g/mol. The number of hydrogen-bond donors (Lipinski definition) is 1. The summed E-state index contributed by atoms with van der Waals surface area (Å²) in [6.07, 6.45) is 2.49. The lowest BCUT2D eigenvalue weighted by molar-refractivity contribution is 0.285. The monoisotopic (exact) mass is 310 g/mol. The lowest BCUT2D eigenvalue weighted by Gasteiger charge is -2.11. The van der Waals surface area contributed by atoms with Crippen LogP contribution >= 0.6 is 23.8 Å². The zero-order chi connectivity index (χ0) is 14.5. The summed E-state index contributed by atoms with van der Waals surface area (Å²) in [6.45, 7) is 3.17. The Balaban J connectivity index is 2.16. The lowest BCUT2D eigenvalue weighted by Crippen LogP contribution is -2.13. The summed E-state index contributed by atoms with van der Waals surface area (Å²) in [5.74, 6) is 1.30. The normalized spacial score (nSPS) is 10.5. The molecule has 2 N–H and O–H groups in total. The van der Waals surface area contributed by atoms with Crippen LogP contribution < -0.4 is 10.5 Å². The number of nitrogens with two attached hydrogens (primary N) is 1. The zero-order valence-electron chi connectivity index (χ0n) is 11.0. The van der Waals surface area contributed by atoms with E-state index in [-0.39, 0.29) is 11.6 Å². The number of nitrogens with zero attached hydrogens (tertiary/aromatic N) is 3. The average Bonchev–Trinajstić information content (AvgIpc) is 2.84. The molecule has 0 aliphatic carbocycles. The Morgan fingerprint density at radius 2 is 2.30 bits per heavy atom. The van der Waals surface area contributed by atoms with Gasteiger partial charge in [0.25, 0.3) is 0 Å². The highest BCUT2D eigenvalue weighted by Crippen LogP contribution is 2.24.